The highest BCUT2D eigenvalue weighted by Gasteiger charge is 2.20. The summed E-state index contributed by atoms with van der Waals surface area (Å²) in [5, 5.41) is 17.0. The second-order valence-corrected chi connectivity index (χ2v) is 6.19. The Kier molecular flexibility index (Phi) is 4.10. The van der Waals surface area contributed by atoms with Crippen LogP contribution >= 0.6 is 0 Å². The molecule has 0 radical (unpaired) electrons. The van der Waals surface area contributed by atoms with E-state index < -0.39 is 0 Å². The van der Waals surface area contributed by atoms with Crippen LogP contribution in [0.15, 0.2) is 12.3 Å². The van der Waals surface area contributed by atoms with Gasteiger partial charge in [-0.3, -0.25) is 0 Å². The van der Waals surface area contributed by atoms with E-state index in [1.165, 1.54) is 37.8 Å². The van der Waals surface area contributed by atoms with Gasteiger partial charge in [0.1, 0.15) is 5.82 Å². The molecule has 21 heavy (non-hydrogen) atoms. The molecule has 1 saturated carbocycles. The molecule has 3 rings (SSSR count). The third-order valence-electron chi connectivity index (χ3n) is 4.36. The molecule has 1 fully saturated rings. The smallest absolute Gasteiger partial charge is 0.160 e. The van der Waals surface area contributed by atoms with Crippen LogP contribution in [0.1, 0.15) is 56.2 Å². The lowest BCUT2D eigenvalue weighted by Gasteiger charge is -2.22. The molecule has 0 saturated heterocycles. The molecule has 0 aromatic carbocycles. The van der Waals surface area contributed by atoms with E-state index in [1.807, 2.05) is 24.6 Å². The number of anilines is 1. The maximum Gasteiger partial charge on any atom is 0.160 e. The number of rotatable bonds is 4. The Bertz CT molecular complexity index is 616. The zero-order valence-electron chi connectivity index (χ0n) is 12.8. The molecule has 2 N–H and O–H groups in total. The average molecular weight is 288 g/mol. The normalized spacial score (nSPS) is 18.0. The Balaban J connectivity index is 2.02. The van der Waals surface area contributed by atoms with Crippen LogP contribution in [0.25, 0.3) is 5.65 Å². The minimum Gasteiger partial charge on any atom is -0.394 e. The molecule has 0 amide bonds. The lowest BCUT2D eigenvalue weighted by Crippen LogP contribution is -2.22. The molecular weight excluding hydrogens is 264 g/mol. The second kappa shape index (κ2) is 6.02. The molecule has 5 nitrogen and oxygen atoms in total. The van der Waals surface area contributed by atoms with E-state index >= 15 is 0 Å². The highest BCUT2D eigenvalue weighted by Crippen LogP contribution is 2.33. The van der Waals surface area contributed by atoms with Gasteiger partial charge in [0, 0.05) is 29.3 Å². The molecule has 0 aliphatic heterocycles. The molecule has 2 heterocycles. The first-order valence-electron chi connectivity index (χ1n) is 7.91. The fourth-order valence-electron chi connectivity index (χ4n) is 3.10. The van der Waals surface area contributed by atoms with Crippen LogP contribution in [-0.4, -0.2) is 32.4 Å². The first-order valence-corrected chi connectivity index (χ1v) is 7.91. The molecule has 5 heteroatoms. The van der Waals surface area contributed by atoms with Crippen LogP contribution in [0.2, 0.25) is 0 Å². The summed E-state index contributed by atoms with van der Waals surface area (Å²) in [5.74, 6) is 1.48. The number of nitrogens with one attached hydrogen (secondary N) is 1. The Labute approximate surface area is 125 Å². The SMILES string of the molecule is Cc1cnn2c(NC(C)CO)cc(C3CCCCC3)nc12. The van der Waals surface area contributed by atoms with Gasteiger partial charge in [0.25, 0.3) is 0 Å². The van der Waals surface area contributed by atoms with E-state index in [0.29, 0.717) is 5.92 Å². The fraction of sp³-hybridized carbons (Fsp3) is 0.625. The van der Waals surface area contributed by atoms with Gasteiger partial charge in [-0.1, -0.05) is 19.3 Å². The Hall–Kier alpha value is -1.62. The number of hydrogen-bond acceptors (Lipinski definition) is 4. The van der Waals surface area contributed by atoms with Gasteiger partial charge in [0.2, 0.25) is 0 Å². The van der Waals surface area contributed by atoms with Crippen molar-refractivity contribution >= 4 is 11.5 Å². The molecule has 114 valence electrons. The number of fused-ring (bicyclic) bond motifs is 1. The van der Waals surface area contributed by atoms with Crippen molar-refractivity contribution < 1.29 is 5.11 Å². The van der Waals surface area contributed by atoms with Gasteiger partial charge in [-0.05, 0) is 26.7 Å². The summed E-state index contributed by atoms with van der Waals surface area (Å²) in [7, 11) is 0. The molecule has 0 spiro atoms. The lowest BCUT2D eigenvalue weighted by atomic mass is 9.87. The molecule has 1 aliphatic rings. The van der Waals surface area contributed by atoms with Crippen LogP contribution in [0.4, 0.5) is 5.82 Å². The van der Waals surface area contributed by atoms with Crippen LogP contribution < -0.4 is 5.32 Å². The van der Waals surface area contributed by atoms with Crippen molar-refractivity contribution in [1.29, 1.82) is 0 Å². The maximum atomic E-state index is 9.28. The first-order chi connectivity index (χ1) is 10.2. The number of aliphatic hydroxyl groups is 1. The van der Waals surface area contributed by atoms with E-state index in [1.54, 1.807) is 0 Å². The van der Waals surface area contributed by atoms with Crippen LogP contribution in [0.3, 0.4) is 0 Å². The van der Waals surface area contributed by atoms with Gasteiger partial charge in [-0.15, -0.1) is 0 Å². The zero-order valence-corrected chi connectivity index (χ0v) is 12.8. The fourth-order valence-corrected chi connectivity index (χ4v) is 3.10. The van der Waals surface area contributed by atoms with Crippen molar-refractivity contribution in [2.24, 2.45) is 0 Å². The molecule has 2 aromatic rings. The number of aromatic nitrogens is 3. The second-order valence-electron chi connectivity index (χ2n) is 6.19. The number of aliphatic hydroxyl groups excluding tert-OH is 1. The maximum absolute atomic E-state index is 9.28. The molecule has 1 unspecified atom stereocenters. The number of hydrogen-bond donors (Lipinski definition) is 2. The summed E-state index contributed by atoms with van der Waals surface area (Å²) in [6, 6.07) is 2.11. The summed E-state index contributed by atoms with van der Waals surface area (Å²) < 4.78 is 1.84. The highest BCUT2D eigenvalue weighted by atomic mass is 16.3. The summed E-state index contributed by atoms with van der Waals surface area (Å²) in [4.78, 5) is 4.85. The number of nitrogens with zero attached hydrogens (tertiary/aromatic N) is 3. The van der Waals surface area contributed by atoms with Gasteiger partial charge in [-0.2, -0.15) is 9.61 Å². The predicted molar refractivity (Wildman–Crippen MR) is 83.7 cm³/mol. The van der Waals surface area contributed by atoms with E-state index in [4.69, 9.17) is 4.98 Å². The summed E-state index contributed by atoms with van der Waals surface area (Å²) in [6.45, 7) is 4.10. The van der Waals surface area contributed by atoms with Gasteiger partial charge >= 0.3 is 0 Å². The predicted octanol–water partition coefficient (Wildman–Crippen LogP) is 2.88. The zero-order chi connectivity index (χ0) is 14.8. The summed E-state index contributed by atoms with van der Waals surface area (Å²) >= 11 is 0. The van der Waals surface area contributed by atoms with Crippen molar-refractivity contribution in [3.8, 4) is 0 Å². The van der Waals surface area contributed by atoms with Crippen molar-refractivity contribution in [3.05, 3.63) is 23.5 Å². The third kappa shape index (κ3) is 2.88. The van der Waals surface area contributed by atoms with E-state index in [2.05, 4.69) is 16.5 Å². The largest absolute Gasteiger partial charge is 0.394 e. The molecule has 1 atom stereocenters. The summed E-state index contributed by atoms with van der Waals surface area (Å²) in [5.41, 5.74) is 3.18. The standard InChI is InChI=1S/C16H24N4O/c1-11-9-17-20-15(18-12(2)10-21)8-14(19-16(11)20)13-6-4-3-5-7-13/h8-9,12-13,18,21H,3-7,10H2,1-2H3. The van der Waals surface area contributed by atoms with Crippen LogP contribution in [0, 0.1) is 6.92 Å². The monoisotopic (exact) mass is 288 g/mol. The average Bonchev–Trinajstić information content (AvgIpc) is 2.90. The first kappa shape index (κ1) is 14.3. The third-order valence-corrected chi connectivity index (χ3v) is 4.36. The molecular formula is C16H24N4O. The van der Waals surface area contributed by atoms with Crippen molar-refractivity contribution in [2.45, 2.75) is 57.9 Å². The van der Waals surface area contributed by atoms with Gasteiger partial charge in [0.15, 0.2) is 5.65 Å². The summed E-state index contributed by atoms with van der Waals surface area (Å²) in [6.07, 6.45) is 8.24. The Morgan fingerprint density at radius 1 is 1.38 bits per heavy atom. The van der Waals surface area contributed by atoms with Crippen molar-refractivity contribution in [3.63, 3.8) is 0 Å². The van der Waals surface area contributed by atoms with Crippen LogP contribution in [-0.2, 0) is 0 Å². The Morgan fingerprint density at radius 3 is 2.86 bits per heavy atom. The van der Waals surface area contributed by atoms with E-state index in [9.17, 15) is 5.11 Å². The minimum absolute atomic E-state index is 0.000637. The Morgan fingerprint density at radius 2 is 2.14 bits per heavy atom. The highest BCUT2D eigenvalue weighted by molar-refractivity contribution is 5.54. The van der Waals surface area contributed by atoms with E-state index in [-0.39, 0.29) is 12.6 Å². The van der Waals surface area contributed by atoms with Gasteiger partial charge in [0.05, 0.1) is 12.8 Å². The minimum atomic E-state index is -0.000637. The molecule has 2 aromatic heterocycles. The lowest BCUT2D eigenvalue weighted by molar-refractivity contribution is 0.281. The van der Waals surface area contributed by atoms with Gasteiger partial charge < -0.3 is 10.4 Å². The van der Waals surface area contributed by atoms with Gasteiger partial charge in [-0.25, -0.2) is 4.98 Å². The topological polar surface area (TPSA) is 62.5 Å². The molecule has 1 aliphatic carbocycles. The number of aryl methyl sites for hydroxylation is 1. The van der Waals surface area contributed by atoms with Crippen LogP contribution in [0.5, 0.6) is 0 Å². The van der Waals surface area contributed by atoms with E-state index in [0.717, 1.165) is 17.0 Å². The van der Waals surface area contributed by atoms with Crippen molar-refractivity contribution in [2.75, 3.05) is 11.9 Å². The van der Waals surface area contributed by atoms with Crippen molar-refractivity contribution in [1.82, 2.24) is 14.6 Å². The quantitative estimate of drug-likeness (QED) is 0.908. The molecule has 0 bridgehead atoms.